The van der Waals surface area contributed by atoms with E-state index in [1.807, 2.05) is 51.1 Å². The molecule has 0 aliphatic carbocycles. The standard InChI is InChI=1S/C26H24N7O2/c1-15-7-8-22(29-14-15)30-26-31-24-20(12-19(33(4,34)35)13-21(24)25(28)32-26)23-16(2)10-18(6-5-9-27)11-17(23)3/h5-8,10-14H,1-4H3,(H3,28,29,30,31,32)/q-1/b6-5+. The Morgan fingerprint density at radius 3 is 2.37 bits per heavy atom. The molecule has 2 aromatic heterocycles. The van der Waals surface area contributed by atoms with E-state index >= 15 is 0 Å². The summed E-state index contributed by atoms with van der Waals surface area (Å²) in [6, 6.07) is 12.6. The minimum atomic E-state index is -1.88. The number of nitrogens with two attached hydrogens (primary N) is 1. The van der Waals surface area contributed by atoms with Gasteiger partial charge in [0.1, 0.15) is 17.3 Å². The van der Waals surface area contributed by atoms with Crippen LogP contribution in [0, 0.1) is 42.5 Å². The van der Waals surface area contributed by atoms with Crippen molar-refractivity contribution < 1.29 is 0 Å². The molecule has 0 amide bonds. The molecule has 2 aromatic carbocycles. The van der Waals surface area contributed by atoms with Crippen LogP contribution in [-0.4, -0.2) is 22.0 Å². The molecule has 4 aromatic rings. The number of allylic oxidation sites excluding steroid dienone is 1. The number of aromatic nitrogens is 3. The van der Waals surface area contributed by atoms with Crippen LogP contribution < -0.4 is 15.9 Å². The maximum Gasteiger partial charge on any atom is 0.230 e. The molecule has 0 fully saturated rings. The summed E-state index contributed by atoms with van der Waals surface area (Å²) in [6.45, 7) is 5.79. The number of aryl methyl sites for hydroxylation is 3. The van der Waals surface area contributed by atoms with Crippen molar-refractivity contribution in [3.05, 3.63) is 81.3 Å². The highest BCUT2D eigenvalue weighted by molar-refractivity contribution is 6.03. The number of nitrogen functional groups attached to an aromatic ring is 1. The van der Waals surface area contributed by atoms with Gasteiger partial charge < -0.3 is 26.3 Å². The van der Waals surface area contributed by atoms with Crippen LogP contribution in [0.3, 0.4) is 0 Å². The number of nitrogens with one attached hydrogen (secondary N) is 1. The summed E-state index contributed by atoms with van der Waals surface area (Å²) < 4.78 is 0. The number of anilines is 3. The summed E-state index contributed by atoms with van der Waals surface area (Å²) in [6.07, 6.45) is 4.85. The summed E-state index contributed by atoms with van der Waals surface area (Å²) in [4.78, 5) is 11.5. The third-order valence-electron chi connectivity index (χ3n) is 5.61. The van der Waals surface area contributed by atoms with Crippen LogP contribution in [0.15, 0.2) is 48.7 Å². The van der Waals surface area contributed by atoms with Gasteiger partial charge in [0, 0.05) is 35.4 Å². The summed E-state index contributed by atoms with van der Waals surface area (Å²) in [7, 11) is 1.01. The summed E-state index contributed by atoms with van der Waals surface area (Å²) >= 11 is 0. The van der Waals surface area contributed by atoms with Crippen molar-refractivity contribution in [1.29, 1.82) is 5.26 Å². The van der Waals surface area contributed by atoms with E-state index in [2.05, 4.69) is 15.3 Å². The molecular formula is C26H24N7O2-. The number of nitriles is 1. The van der Waals surface area contributed by atoms with Gasteiger partial charge in [-0.05, 0) is 60.7 Å². The molecule has 0 radical (unpaired) electrons. The van der Waals surface area contributed by atoms with Crippen LogP contribution in [0.1, 0.15) is 22.3 Å². The zero-order valence-corrected chi connectivity index (χ0v) is 19.8. The summed E-state index contributed by atoms with van der Waals surface area (Å²) in [5.41, 5.74) is 11.8. The molecule has 2 heterocycles. The lowest BCUT2D eigenvalue weighted by Gasteiger charge is -2.42. The second-order valence-corrected chi connectivity index (χ2v) is 8.51. The van der Waals surface area contributed by atoms with Crippen molar-refractivity contribution >= 4 is 40.3 Å². The molecule has 0 unspecified atom stereocenters. The molecule has 3 N–H and O–H groups in total. The number of quaternary nitrogens is 1. The average molecular weight is 467 g/mol. The monoisotopic (exact) mass is 466 g/mol. The predicted molar refractivity (Wildman–Crippen MR) is 140 cm³/mol. The van der Waals surface area contributed by atoms with Crippen LogP contribution in [0.5, 0.6) is 0 Å². The number of benzene rings is 2. The molecule has 4 rings (SSSR count). The van der Waals surface area contributed by atoms with Gasteiger partial charge in [-0.1, -0.05) is 18.2 Å². The Kier molecular flexibility index (Phi) is 6.20. The molecule has 0 aliphatic rings. The maximum atomic E-state index is 12.4. The van der Waals surface area contributed by atoms with Crippen molar-refractivity contribution in [1.82, 2.24) is 19.8 Å². The molecule has 0 atom stereocenters. The molecule has 0 spiro atoms. The Bertz CT molecular complexity index is 1470. The van der Waals surface area contributed by atoms with Crippen LogP contribution >= 0.6 is 0 Å². The Balaban J connectivity index is 1.97. The number of hydrogen-bond donors (Lipinski definition) is 2. The van der Waals surface area contributed by atoms with Crippen molar-refractivity contribution in [3.63, 3.8) is 0 Å². The first kappa shape index (κ1) is 23.8. The zero-order chi connectivity index (χ0) is 25.3. The summed E-state index contributed by atoms with van der Waals surface area (Å²) in [5.74, 6) is 0.924. The quantitative estimate of drug-likeness (QED) is 0.225. The molecule has 0 saturated heterocycles. The van der Waals surface area contributed by atoms with E-state index in [-0.39, 0.29) is 17.5 Å². The van der Waals surface area contributed by atoms with Crippen LogP contribution in [0.2, 0.25) is 0 Å². The van der Waals surface area contributed by atoms with E-state index in [0.29, 0.717) is 22.3 Å². The minimum Gasteiger partial charge on any atom is -0.626 e. The first-order valence-corrected chi connectivity index (χ1v) is 10.8. The smallest absolute Gasteiger partial charge is 0.230 e. The van der Waals surface area contributed by atoms with Crippen molar-refractivity contribution in [3.8, 4) is 17.2 Å². The molecule has 9 nitrogen and oxygen atoms in total. The van der Waals surface area contributed by atoms with Crippen LogP contribution in [-0.2, 0) is 0 Å². The SMILES string of the molecule is Cc1ccc(Nc2nc(N)c3cc([N+](C)([O-])[O-])cc(-c4c(C)cc(/C=C/C#N)cc4C)c3n2)nc1. The third kappa shape index (κ3) is 4.95. The predicted octanol–water partition coefficient (Wildman–Crippen LogP) is 5.41. The Morgan fingerprint density at radius 1 is 1.06 bits per heavy atom. The molecule has 35 heavy (non-hydrogen) atoms. The van der Waals surface area contributed by atoms with Crippen molar-refractivity contribution in [2.24, 2.45) is 0 Å². The molecule has 0 saturated carbocycles. The molecule has 176 valence electrons. The lowest BCUT2D eigenvalue weighted by molar-refractivity contribution is 0.605. The van der Waals surface area contributed by atoms with Gasteiger partial charge in [0.15, 0.2) is 0 Å². The number of fused-ring (bicyclic) bond motifs is 1. The second kappa shape index (κ2) is 9.12. The van der Waals surface area contributed by atoms with E-state index in [1.165, 1.54) is 12.1 Å². The van der Waals surface area contributed by atoms with E-state index in [0.717, 1.165) is 34.9 Å². The van der Waals surface area contributed by atoms with Gasteiger partial charge in [0.05, 0.1) is 18.6 Å². The molecular weight excluding hydrogens is 442 g/mol. The minimum absolute atomic E-state index is 0.0176. The van der Waals surface area contributed by atoms with Gasteiger partial charge in [0.25, 0.3) is 0 Å². The third-order valence-corrected chi connectivity index (χ3v) is 5.61. The fourth-order valence-electron chi connectivity index (χ4n) is 4.03. The first-order chi connectivity index (χ1) is 16.6. The highest BCUT2D eigenvalue weighted by atomic mass is 16.8. The second-order valence-electron chi connectivity index (χ2n) is 8.51. The van der Waals surface area contributed by atoms with Gasteiger partial charge in [-0.25, -0.2) is 9.97 Å². The van der Waals surface area contributed by atoms with Gasteiger partial charge >= 0.3 is 0 Å². The fraction of sp³-hybridized carbons (Fsp3) is 0.154. The lowest BCUT2D eigenvalue weighted by Crippen LogP contribution is -2.29. The Hall–Kier alpha value is -4.36. The largest absolute Gasteiger partial charge is 0.626 e. The highest BCUT2D eigenvalue weighted by Crippen LogP contribution is 2.39. The Morgan fingerprint density at radius 2 is 1.77 bits per heavy atom. The topological polar surface area (TPSA) is 147 Å². The number of nitrogens with zero attached hydrogens (tertiary/aromatic N) is 5. The Labute approximate surface area is 202 Å². The average Bonchev–Trinajstić information content (AvgIpc) is 2.78. The van der Waals surface area contributed by atoms with Gasteiger partial charge in [0.2, 0.25) is 5.95 Å². The van der Waals surface area contributed by atoms with Gasteiger partial charge in [-0.3, -0.25) is 0 Å². The van der Waals surface area contributed by atoms with E-state index in [9.17, 15) is 10.4 Å². The maximum absolute atomic E-state index is 12.4. The van der Waals surface area contributed by atoms with Crippen LogP contribution in [0.25, 0.3) is 28.1 Å². The van der Waals surface area contributed by atoms with E-state index < -0.39 is 4.81 Å². The summed E-state index contributed by atoms with van der Waals surface area (Å²) in [5, 5.41) is 37.1. The fourth-order valence-corrected chi connectivity index (χ4v) is 4.03. The lowest BCUT2D eigenvalue weighted by atomic mass is 9.91. The molecule has 0 bridgehead atoms. The molecule has 9 heteroatoms. The van der Waals surface area contributed by atoms with Crippen LogP contribution in [0.4, 0.5) is 23.3 Å². The zero-order valence-electron chi connectivity index (χ0n) is 19.8. The first-order valence-electron chi connectivity index (χ1n) is 10.8. The number of hydroxylamine groups is 2. The molecule has 0 aliphatic heterocycles. The number of rotatable bonds is 5. The number of pyridine rings is 1. The van der Waals surface area contributed by atoms with E-state index in [1.54, 1.807) is 18.3 Å². The van der Waals surface area contributed by atoms with Gasteiger partial charge in [-0.15, -0.1) is 0 Å². The van der Waals surface area contributed by atoms with E-state index in [4.69, 9.17) is 16.0 Å². The van der Waals surface area contributed by atoms with Gasteiger partial charge in [-0.2, -0.15) is 10.2 Å². The normalized spacial score (nSPS) is 11.7. The van der Waals surface area contributed by atoms with Crippen molar-refractivity contribution in [2.75, 3.05) is 18.1 Å². The highest BCUT2D eigenvalue weighted by Gasteiger charge is 2.19. The number of hydrogen-bond acceptors (Lipinski definition) is 8. The van der Waals surface area contributed by atoms with Crippen molar-refractivity contribution in [2.45, 2.75) is 20.8 Å².